The molecule has 1 heterocycles. The van der Waals surface area contributed by atoms with Gasteiger partial charge in [0.25, 0.3) is 0 Å². The number of hydrogen-bond acceptors (Lipinski definition) is 2. The lowest BCUT2D eigenvalue weighted by Crippen LogP contribution is -2.11. The molecule has 3 N–H and O–H groups in total. The van der Waals surface area contributed by atoms with Crippen molar-refractivity contribution in [1.82, 2.24) is 9.78 Å². The lowest BCUT2D eigenvalue weighted by molar-refractivity contribution is 0.833. The Kier molecular flexibility index (Phi) is 2.71. The van der Waals surface area contributed by atoms with Crippen LogP contribution < -0.4 is 5.73 Å². The molecule has 0 bridgehead atoms. The van der Waals surface area contributed by atoms with Gasteiger partial charge in [0.2, 0.25) is 0 Å². The summed E-state index contributed by atoms with van der Waals surface area (Å²) in [5.41, 5.74) is 10.5. The van der Waals surface area contributed by atoms with E-state index in [2.05, 4.69) is 12.0 Å². The van der Waals surface area contributed by atoms with E-state index in [-0.39, 0.29) is 5.84 Å². The zero-order chi connectivity index (χ0) is 12.6. The first-order valence-corrected chi connectivity index (χ1v) is 5.48. The Morgan fingerprint density at radius 2 is 1.76 bits per heavy atom. The number of aryl methyl sites for hydroxylation is 1. The van der Waals surface area contributed by atoms with Gasteiger partial charge < -0.3 is 5.73 Å². The first-order valence-electron chi connectivity index (χ1n) is 5.48. The minimum atomic E-state index is 0.0844. The molecule has 4 heteroatoms. The Balaban J connectivity index is 2.47. The van der Waals surface area contributed by atoms with Crippen LogP contribution in [0.25, 0.3) is 5.69 Å². The molecule has 1 aromatic carbocycles. The third kappa shape index (κ3) is 1.93. The van der Waals surface area contributed by atoms with Gasteiger partial charge in [0.05, 0.1) is 11.4 Å². The molecule has 2 rings (SSSR count). The van der Waals surface area contributed by atoms with E-state index in [1.807, 2.05) is 42.8 Å². The van der Waals surface area contributed by atoms with Gasteiger partial charge in [-0.15, -0.1) is 0 Å². The molecular formula is C13H16N4. The molecule has 0 saturated carbocycles. The van der Waals surface area contributed by atoms with Crippen molar-refractivity contribution in [1.29, 1.82) is 5.41 Å². The molecule has 0 atom stereocenters. The summed E-state index contributed by atoms with van der Waals surface area (Å²) < 4.78 is 1.91. The molecule has 1 aromatic heterocycles. The molecule has 0 aliphatic carbocycles. The minimum absolute atomic E-state index is 0.0844. The van der Waals surface area contributed by atoms with Gasteiger partial charge in [0.1, 0.15) is 5.84 Å². The normalized spacial score (nSPS) is 10.5. The van der Waals surface area contributed by atoms with Gasteiger partial charge in [-0.1, -0.05) is 0 Å². The largest absolute Gasteiger partial charge is 0.384 e. The highest BCUT2D eigenvalue weighted by molar-refractivity contribution is 5.95. The summed E-state index contributed by atoms with van der Waals surface area (Å²) >= 11 is 0. The SMILES string of the molecule is Cc1nn(-c2ccc(C(=N)N)cc2)c(C)c1C. The van der Waals surface area contributed by atoms with Crippen molar-refractivity contribution in [3.8, 4) is 5.69 Å². The van der Waals surface area contributed by atoms with Crippen molar-refractivity contribution >= 4 is 5.84 Å². The van der Waals surface area contributed by atoms with Crippen LogP contribution in [0.1, 0.15) is 22.5 Å². The standard InChI is InChI=1S/C13H16N4/c1-8-9(2)16-17(10(8)3)12-6-4-11(5-7-12)13(14)15/h4-7H,1-3H3,(H3,14,15). The smallest absolute Gasteiger partial charge is 0.122 e. The van der Waals surface area contributed by atoms with Crippen LogP contribution in [0.4, 0.5) is 0 Å². The predicted octanol–water partition coefficient (Wildman–Crippen LogP) is 2.08. The van der Waals surface area contributed by atoms with E-state index < -0.39 is 0 Å². The second-order valence-corrected chi connectivity index (χ2v) is 4.17. The van der Waals surface area contributed by atoms with Gasteiger partial charge in [-0.2, -0.15) is 5.10 Å². The van der Waals surface area contributed by atoms with Gasteiger partial charge in [-0.05, 0) is 50.6 Å². The van der Waals surface area contributed by atoms with E-state index in [9.17, 15) is 0 Å². The molecule has 17 heavy (non-hydrogen) atoms. The zero-order valence-electron chi connectivity index (χ0n) is 10.3. The molecule has 2 aromatic rings. The molecule has 0 aliphatic heterocycles. The van der Waals surface area contributed by atoms with E-state index in [0.717, 1.165) is 22.6 Å². The molecular weight excluding hydrogens is 212 g/mol. The van der Waals surface area contributed by atoms with E-state index >= 15 is 0 Å². The van der Waals surface area contributed by atoms with Crippen LogP contribution in [0.2, 0.25) is 0 Å². The van der Waals surface area contributed by atoms with E-state index in [0.29, 0.717) is 0 Å². The Bertz CT molecular complexity index is 564. The molecule has 0 fully saturated rings. The molecule has 0 radical (unpaired) electrons. The summed E-state index contributed by atoms with van der Waals surface area (Å²) in [7, 11) is 0. The summed E-state index contributed by atoms with van der Waals surface area (Å²) in [6, 6.07) is 7.53. The average Bonchev–Trinajstić information content (AvgIpc) is 2.57. The van der Waals surface area contributed by atoms with E-state index in [1.54, 1.807) is 0 Å². The summed E-state index contributed by atoms with van der Waals surface area (Å²) in [5, 5.41) is 11.8. The quantitative estimate of drug-likeness (QED) is 0.610. The first kappa shape index (κ1) is 11.4. The number of benzene rings is 1. The van der Waals surface area contributed by atoms with Crippen molar-refractivity contribution in [2.24, 2.45) is 5.73 Å². The van der Waals surface area contributed by atoms with E-state index in [1.165, 1.54) is 5.56 Å². The molecule has 4 nitrogen and oxygen atoms in total. The van der Waals surface area contributed by atoms with Crippen LogP contribution in [-0.4, -0.2) is 15.6 Å². The second kappa shape index (κ2) is 4.05. The number of hydrogen-bond donors (Lipinski definition) is 2. The van der Waals surface area contributed by atoms with Crippen molar-refractivity contribution in [3.63, 3.8) is 0 Å². The monoisotopic (exact) mass is 228 g/mol. The van der Waals surface area contributed by atoms with Gasteiger partial charge in [0, 0.05) is 11.3 Å². The topological polar surface area (TPSA) is 67.7 Å². The second-order valence-electron chi connectivity index (χ2n) is 4.17. The number of rotatable bonds is 2. The summed E-state index contributed by atoms with van der Waals surface area (Å²) in [5.74, 6) is 0.0844. The molecule has 0 saturated heterocycles. The minimum Gasteiger partial charge on any atom is -0.384 e. The third-order valence-electron chi connectivity index (χ3n) is 3.08. The van der Waals surface area contributed by atoms with Crippen LogP contribution in [0, 0.1) is 26.2 Å². The maximum Gasteiger partial charge on any atom is 0.122 e. The third-order valence-corrected chi connectivity index (χ3v) is 3.08. The fraction of sp³-hybridized carbons (Fsp3) is 0.231. The maximum absolute atomic E-state index is 7.35. The molecule has 0 aliphatic rings. The summed E-state index contributed by atoms with van der Waals surface area (Å²) in [6.07, 6.45) is 0. The summed E-state index contributed by atoms with van der Waals surface area (Å²) in [4.78, 5) is 0. The van der Waals surface area contributed by atoms with Crippen molar-refractivity contribution in [3.05, 3.63) is 46.8 Å². The Morgan fingerprint density at radius 1 is 1.18 bits per heavy atom. The van der Waals surface area contributed by atoms with Crippen molar-refractivity contribution < 1.29 is 0 Å². The van der Waals surface area contributed by atoms with Crippen LogP contribution in [-0.2, 0) is 0 Å². The Hall–Kier alpha value is -2.10. The number of aromatic nitrogens is 2. The average molecular weight is 228 g/mol. The molecule has 88 valence electrons. The number of nitrogens with zero attached hydrogens (tertiary/aromatic N) is 2. The first-order chi connectivity index (χ1) is 8.00. The number of nitrogens with two attached hydrogens (primary N) is 1. The van der Waals surface area contributed by atoms with Crippen LogP contribution in [0.3, 0.4) is 0 Å². The van der Waals surface area contributed by atoms with Crippen molar-refractivity contribution in [2.75, 3.05) is 0 Å². The Labute approximate surface area is 101 Å². The fourth-order valence-corrected chi connectivity index (χ4v) is 1.75. The van der Waals surface area contributed by atoms with Crippen LogP contribution in [0.5, 0.6) is 0 Å². The van der Waals surface area contributed by atoms with Gasteiger partial charge in [0.15, 0.2) is 0 Å². The van der Waals surface area contributed by atoms with Crippen molar-refractivity contribution in [2.45, 2.75) is 20.8 Å². The number of nitrogens with one attached hydrogen (secondary N) is 1. The predicted molar refractivity (Wildman–Crippen MR) is 68.8 cm³/mol. The lowest BCUT2D eigenvalue weighted by atomic mass is 10.2. The number of amidine groups is 1. The fourth-order valence-electron chi connectivity index (χ4n) is 1.75. The van der Waals surface area contributed by atoms with Gasteiger partial charge >= 0.3 is 0 Å². The Morgan fingerprint density at radius 3 is 2.18 bits per heavy atom. The van der Waals surface area contributed by atoms with Gasteiger partial charge in [-0.3, -0.25) is 5.41 Å². The van der Waals surface area contributed by atoms with E-state index in [4.69, 9.17) is 11.1 Å². The maximum atomic E-state index is 7.35. The molecule has 0 spiro atoms. The van der Waals surface area contributed by atoms with Crippen LogP contribution in [0.15, 0.2) is 24.3 Å². The zero-order valence-corrected chi connectivity index (χ0v) is 10.3. The molecule has 0 unspecified atom stereocenters. The highest BCUT2D eigenvalue weighted by Crippen LogP contribution is 2.17. The summed E-state index contributed by atoms with van der Waals surface area (Å²) in [6.45, 7) is 6.12. The van der Waals surface area contributed by atoms with Crippen LogP contribution >= 0.6 is 0 Å². The highest BCUT2D eigenvalue weighted by Gasteiger charge is 2.08. The molecule has 0 amide bonds. The highest BCUT2D eigenvalue weighted by atomic mass is 15.3. The van der Waals surface area contributed by atoms with Gasteiger partial charge in [-0.25, -0.2) is 4.68 Å². The lowest BCUT2D eigenvalue weighted by Gasteiger charge is -2.05. The number of nitrogen functional groups attached to an aromatic ring is 1.